The van der Waals surface area contributed by atoms with Crippen molar-refractivity contribution in [2.75, 3.05) is 0 Å². The van der Waals surface area contributed by atoms with Gasteiger partial charge in [-0.25, -0.2) is 4.79 Å². The minimum Gasteiger partial charge on any atom is -0.478 e. The molecule has 0 aromatic heterocycles. The number of hydrogen-bond acceptors (Lipinski definition) is 2. The Balaban J connectivity index is 2.43. The molecule has 0 radical (unpaired) electrons. The van der Waals surface area contributed by atoms with E-state index in [1.165, 1.54) is 0 Å². The topological polar surface area (TPSA) is 46.5 Å². The van der Waals surface area contributed by atoms with Crippen LogP contribution >= 0.6 is 0 Å². The summed E-state index contributed by atoms with van der Waals surface area (Å²) in [6, 6.07) is 12.9. The van der Waals surface area contributed by atoms with Crippen molar-refractivity contribution in [3.63, 3.8) is 0 Å². The van der Waals surface area contributed by atoms with Gasteiger partial charge in [0.1, 0.15) is 17.1 Å². The van der Waals surface area contributed by atoms with E-state index in [1.807, 2.05) is 37.3 Å². The number of carboxylic acid groups (broad SMARTS) is 1. The van der Waals surface area contributed by atoms with E-state index in [-0.39, 0.29) is 5.56 Å². The fourth-order valence-electron chi connectivity index (χ4n) is 2.07. The molecule has 3 nitrogen and oxygen atoms in total. The van der Waals surface area contributed by atoms with Crippen molar-refractivity contribution in [2.45, 2.75) is 26.7 Å². The van der Waals surface area contributed by atoms with Crippen LogP contribution in [0.2, 0.25) is 0 Å². The Bertz CT molecular complexity index is 630. The van der Waals surface area contributed by atoms with Crippen LogP contribution in [0.15, 0.2) is 42.5 Å². The Kier molecular flexibility index (Phi) is 4.08. The summed E-state index contributed by atoms with van der Waals surface area (Å²) in [5, 5.41) is 9.27. The van der Waals surface area contributed by atoms with Gasteiger partial charge in [-0.15, -0.1) is 0 Å². The normalized spacial score (nSPS) is 10.6. The van der Waals surface area contributed by atoms with E-state index in [9.17, 15) is 9.90 Å². The van der Waals surface area contributed by atoms with E-state index < -0.39 is 5.97 Å². The maximum absolute atomic E-state index is 11.3. The highest BCUT2D eigenvalue weighted by atomic mass is 16.5. The first-order chi connectivity index (χ1) is 9.49. The van der Waals surface area contributed by atoms with Gasteiger partial charge in [0.2, 0.25) is 0 Å². The second kappa shape index (κ2) is 5.78. The van der Waals surface area contributed by atoms with Gasteiger partial charge >= 0.3 is 5.97 Å². The van der Waals surface area contributed by atoms with Crippen LogP contribution in [0.3, 0.4) is 0 Å². The first kappa shape index (κ1) is 14.1. The number of para-hydroxylation sites is 1. The summed E-state index contributed by atoms with van der Waals surface area (Å²) < 4.78 is 5.84. The van der Waals surface area contributed by atoms with E-state index in [0.29, 0.717) is 17.4 Å². The lowest BCUT2D eigenvalue weighted by molar-refractivity contribution is 0.0694. The lowest BCUT2D eigenvalue weighted by atomic mass is 10.0. The van der Waals surface area contributed by atoms with Crippen molar-refractivity contribution in [1.29, 1.82) is 0 Å². The van der Waals surface area contributed by atoms with Gasteiger partial charge in [0.05, 0.1) is 0 Å². The summed E-state index contributed by atoms with van der Waals surface area (Å²) in [4.78, 5) is 11.3. The Hall–Kier alpha value is -2.29. The highest BCUT2D eigenvalue weighted by molar-refractivity contribution is 5.91. The highest BCUT2D eigenvalue weighted by Gasteiger charge is 2.14. The molecule has 104 valence electrons. The molecule has 3 heteroatoms. The molecule has 0 unspecified atom stereocenters. The molecular weight excluding hydrogens is 252 g/mol. The van der Waals surface area contributed by atoms with E-state index in [4.69, 9.17) is 4.74 Å². The number of benzene rings is 2. The molecule has 0 fully saturated rings. The molecule has 2 aromatic carbocycles. The van der Waals surface area contributed by atoms with E-state index in [2.05, 4.69) is 13.8 Å². The molecule has 0 saturated carbocycles. The van der Waals surface area contributed by atoms with Crippen LogP contribution in [0, 0.1) is 6.92 Å². The van der Waals surface area contributed by atoms with Gasteiger partial charge in [-0.1, -0.05) is 43.7 Å². The minimum atomic E-state index is -0.981. The highest BCUT2D eigenvalue weighted by Crippen LogP contribution is 2.32. The third-order valence-corrected chi connectivity index (χ3v) is 3.13. The quantitative estimate of drug-likeness (QED) is 0.882. The van der Waals surface area contributed by atoms with Crippen LogP contribution in [-0.4, -0.2) is 11.1 Å². The molecule has 2 aromatic rings. The lowest BCUT2D eigenvalue weighted by Crippen LogP contribution is -2.02. The second-order valence-corrected chi connectivity index (χ2v) is 5.10. The SMILES string of the molecule is Cc1ccc(Oc2ccccc2C(C)C)c(C(=O)O)c1. The Morgan fingerprint density at radius 3 is 2.45 bits per heavy atom. The molecule has 0 bridgehead atoms. The molecular formula is C17H18O3. The van der Waals surface area contributed by atoms with E-state index in [0.717, 1.165) is 11.1 Å². The summed E-state index contributed by atoms with van der Waals surface area (Å²) in [6.45, 7) is 6.02. The van der Waals surface area contributed by atoms with Crippen molar-refractivity contribution < 1.29 is 14.6 Å². The van der Waals surface area contributed by atoms with Crippen LogP contribution in [-0.2, 0) is 0 Å². The van der Waals surface area contributed by atoms with Crippen molar-refractivity contribution in [3.05, 3.63) is 59.2 Å². The zero-order valence-electron chi connectivity index (χ0n) is 11.9. The largest absolute Gasteiger partial charge is 0.478 e. The number of aryl methyl sites for hydroxylation is 1. The van der Waals surface area contributed by atoms with Crippen molar-refractivity contribution in [2.24, 2.45) is 0 Å². The average molecular weight is 270 g/mol. The number of rotatable bonds is 4. The van der Waals surface area contributed by atoms with E-state index in [1.54, 1.807) is 12.1 Å². The molecule has 0 aliphatic carbocycles. The van der Waals surface area contributed by atoms with Gasteiger partial charge in [0, 0.05) is 0 Å². The lowest BCUT2D eigenvalue weighted by Gasteiger charge is -2.15. The molecule has 0 atom stereocenters. The van der Waals surface area contributed by atoms with Crippen LogP contribution in [0.4, 0.5) is 0 Å². The van der Waals surface area contributed by atoms with Gasteiger partial charge in [-0.3, -0.25) is 0 Å². The van der Waals surface area contributed by atoms with Crippen molar-refractivity contribution >= 4 is 5.97 Å². The number of carboxylic acids is 1. The van der Waals surface area contributed by atoms with Crippen LogP contribution in [0.1, 0.15) is 41.3 Å². The average Bonchev–Trinajstić information content (AvgIpc) is 2.41. The Morgan fingerprint density at radius 1 is 1.10 bits per heavy atom. The molecule has 2 rings (SSSR count). The minimum absolute atomic E-state index is 0.184. The standard InChI is InChI=1S/C17H18O3/c1-11(2)13-6-4-5-7-15(13)20-16-9-8-12(3)10-14(16)17(18)19/h4-11H,1-3H3,(H,18,19). The predicted molar refractivity (Wildman–Crippen MR) is 78.7 cm³/mol. The maximum atomic E-state index is 11.3. The predicted octanol–water partition coefficient (Wildman–Crippen LogP) is 4.61. The molecule has 0 heterocycles. The fourth-order valence-corrected chi connectivity index (χ4v) is 2.07. The molecule has 0 spiro atoms. The monoisotopic (exact) mass is 270 g/mol. The molecule has 0 amide bonds. The summed E-state index contributed by atoms with van der Waals surface area (Å²) in [6.07, 6.45) is 0. The van der Waals surface area contributed by atoms with Gasteiger partial charge in [0.15, 0.2) is 0 Å². The molecule has 20 heavy (non-hydrogen) atoms. The smallest absolute Gasteiger partial charge is 0.339 e. The van der Waals surface area contributed by atoms with Crippen LogP contribution in [0.5, 0.6) is 11.5 Å². The summed E-state index contributed by atoms with van der Waals surface area (Å²) in [5.74, 6) is 0.403. The third kappa shape index (κ3) is 2.99. The van der Waals surface area contributed by atoms with E-state index >= 15 is 0 Å². The maximum Gasteiger partial charge on any atom is 0.339 e. The van der Waals surface area contributed by atoms with Gasteiger partial charge in [0.25, 0.3) is 0 Å². The second-order valence-electron chi connectivity index (χ2n) is 5.10. The van der Waals surface area contributed by atoms with Gasteiger partial charge in [-0.2, -0.15) is 0 Å². The first-order valence-electron chi connectivity index (χ1n) is 6.59. The van der Waals surface area contributed by atoms with Gasteiger partial charge < -0.3 is 9.84 Å². The van der Waals surface area contributed by atoms with Crippen molar-refractivity contribution in [1.82, 2.24) is 0 Å². The van der Waals surface area contributed by atoms with Crippen LogP contribution < -0.4 is 4.74 Å². The first-order valence-corrected chi connectivity index (χ1v) is 6.59. The molecule has 0 aliphatic heterocycles. The Labute approximate surface area is 118 Å². The molecule has 1 N–H and O–H groups in total. The summed E-state index contributed by atoms with van der Waals surface area (Å²) >= 11 is 0. The Morgan fingerprint density at radius 2 is 1.80 bits per heavy atom. The van der Waals surface area contributed by atoms with Gasteiger partial charge in [-0.05, 0) is 36.6 Å². The summed E-state index contributed by atoms with van der Waals surface area (Å²) in [5.41, 5.74) is 2.14. The zero-order chi connectivity index (χ0) is 14.7. The fraction of sp³-hybridized carbons (Fsp3) is 0.235. The molecule has 0 aliphatic rings. The summed E-state index contributed by atoms with van der Waals surface area (Å²) in [7, 11) is 0. The molecule has 0 saturated heterocycles. The van der Waals surface area contributed by atoms with Crippen LogP contribution in [0.25, 0.3) is 0 Å². The zero-order valence-corrected chi connectivity index (χ0v) is 11.9. The van der Waals surface area contributed by atoms with Crippen molar-refractivity contribution in [3.8, 4) is 11.5 Å². The third-order valence-electron chi connectivity index (χ3n) is 3.13. The number of hydrogen-bond donors (Lipinski definition) is 1. The number of ether oxygens (including phenoxy) is 1. The number of carbonyl (C=O) groups is 1. The number of aromatic carboxylic acids is 1.